The van der Waals surface area contributed by atoms with Crippen LogP contribution in [0.4, 0.5) is 5.69 Å². The lowest BCUT2D eigenvalue weighted by Gasteiger charge is -2.15. The van der Waals surface area contributed by atoms with Crippen LogP contribution in [0.2, 0.25) is 5.02 Å². The van der Waals surface area contributed by atoms with E-state index in [0.29, 0.717) is 40.1 Å². The summed E-state index contributed by atoms with van der Waals surface area (Å²) in [7, 11) is 1.57. The first kappa shape index (κ1) is 22.7. The molecule has 0 atom stereocenters. The predicted octanol–water partition coefficient (Wildman–Crippen LogP) is 6.89. The average molecular weight is 483 g/mol. The van der Waals surface area contributed by atoms with Crippen molar-refractivity contribution in [2.75, 3.05) is 12.1 Å². The van der Waals surface area contributed by atoms with Gasteiger partial charge in [-0.2, -0.15) is 10.1 Å². The molecule has 0 saturated carbocycles. The predicted molar refractivity (Wildman–Crippen MR) is 141 cm³/mol. The fraction of sp³-hybridized carbons (Fsp3) is 0.103. The van der Waals surface area contributed by atoms with Crippen LogP contribution in [0.1, 0.15) is 18.1 Å². The van der Waals surface area contributed by atoms with Crippen molar-refractivity contribution in [3.05, 3.63) is 107 Å². The van der Waals surface area contributed by atoms with Gasteiger partial charge in [0.05, 0.1) is 29.1 Å². The molecule has 1 aliphatic rings. The number of ether oxygens (including phenoxy) is 2. The number of hydrogen-bond acceptors (Lipinski definition) is 4. The molecule has 0 bridgehead atoms. The van der Waals surface area contributed by atoms with Crippen molar-refractivity contribution in [3.8, 4) is 11.5 Å². The topological polar surface area (TPSA) is 51.1 Å². The average Bonchev–Trinajstić information content (AvgIpc) is 3.16. The van der Waals surface area contributed by atoms with Gasteiger partial charge in [0.15, 0.2) is 11.5 Å². The highest BCUT2D eigenvalue weighted by Gasteiger charge is 2.28. The van der Waals surface area contributed by atoms with Crippen LogP contribution in [0.5, 0.6) is 11.5 Å². The summed E-state index contributed by atoms with van der Waals surface area (Å²) >= 11 is 6.62. The third kappa shape index (κ3) is 4.51. The standard InChI is InChI=1S/C29H23ClN2O3/c1-19-25(29(33)32(31-19)23-12-4-3-5-13-23)15-20-16-26(30)28(27(17-20)34-2)35-18-22-11-8-10-21-9-6-7-14-24(21)22/h3-17H,18H2,1-2H3. The number of hydrazone groups is 1. The maximum Gasteiger partial charge on any atom is 0.280 e. The minimum absolute atomic E-state index is 0.194. The summed E-state index contributed by atoms with van der Waals surface area (Å²) in [6.07, 6.45) is 1.77. The first-order valence-corrected chi connectivity index (χ1v) is 11.6. The van der Waals surface area contributed by atoms with Crippen molar-refractivity contribution in [2.24, 2.45) is 5.10 Å². The van der Waals surface area contributed by atoms with Gasteiger partial charge < -0.3 is 9.47 Å². The number of amides is 1. The van der Waals surface area contributed by atoms with Crippen LogP contribution in [0.3, 0.4) is 0 Å². The number of hydrogen-bond donors (Lipinski definition) is 0. The third-order valence-corrected chi connectivity index (χ3v) is 6.16. The molecule has 1 amide bonds. The molecule has 4 aromatic carbocycles. The van der Waals surface area contributed by atoms with Gasteiger partial charge in [0.25, 0.3) is 5.91 Å². The Kier molecular flexibility index (Phi) is 6.25. The third-order valence-electron chi connectivity index (χ3n) is 5.88. The Morgan fingerprint density at radius 3 is 2.51 bits per heavy atom. The van der Waals surface area contributed by atoms with Gasteiger partial charge in [-0.15, -0.1) is 0 Å². The Hall–Kier alpha value is -4.09. The van der Waals surface area contributed by atoms with Gasteiger partial charge >= 0.3 is 0 Å². The number of carbonyl (C=O) groups excluding carboxylic acids is 1. The molecule has 0 spiro atoms. The Morgan fingerprint density at radius 2 is 1.71 bits per heavy atom. The highest BCUT2D eigenvalue weighted by Crippen LogP contribution is 2.38. The van der Waals surface area contributed by atoms with E-state index in [1.54, 1.807) is 19.3 Å². The monoisotopic (exact) mass is 482 g/mol. The Balaban J connectivity index is 1.42. The molecule has 0 N–H and O–H groups in total. The molecule has 0 unspecified atom stereocenters. The Morgan fingerprint density at radius 1 is 0.971 bits per heavy atom. The molecular formula is C29H23ClN2O3. The van der Waals surface area contributed by atoms with Crippen molar-refractivity contribution in [2.45, 2.75) is 13.5 Å². The lowest BCUT2D eigenvalue weighted by molar-refractivity contribution is -0.114. The van der Waals surface area contributed by atoms with Gasteiger partial charge in [0.2, 0.25) is 0 Å². The van der Waals surface area contributed by atoms with Crippen LogP contribution in [0.25, 0.3) is 16.8 Å². The van der Waals surface area contributed by atoms with E-state index in [2.05, 4.69) is 23.3 Å². The maximum absolute atomic E-state index is 13.0. The number of benzene rings is 4. The molecule has 0 aliphatic carbocycles. The quantitative estimate of drug-likeness (QED) is 0.281. The highest BCUT2D eigenvalue weighted by atomic mass is 35.5. The first-order valence-electron chi connectivity index (χ1n) is 11.2. The minimum Gasteiger partial charge on any atom is -0.493 e. The number of methoxy groups -OCH3 is 1. The van der Waals surface area contributed by atoms with Crippen LogP contribution < -0.4 is 14.5 Å². The van der Waals surface area contributed by atoms with E-state index in [-0.39, 0.29) is 5.91 Å². The number of fused-ring (bicyclic) bond motifs is 1. The molecule has 6 heteroatoms. The Bertz CT molecular complexity index is 1470. The van der Waals surface area contributed by atoms with Gasteiger partial charge in [0.1, 0.15) is 6.61 Å². The molecular weight excluding hydrogens is 460 g/mol. The number of anilines is 1. The Labute approximate surface area is 208 Å². The molecule has 5 rings (SSSR count). The normalized spacial score (nSPS) is 14.5. The second-order valence-electron chi connectivity index (χ2n) is 8.16. The summed E-state index contributed by atoms with van der Waals surface area (Å²) in [5, 5.41) is 8.51. The zero-order valence-electron chi connectivity index (χ0n) is 19.4. The molecule has 0 fully saturated rings. The first-order chi connectivity index (χ1) is 17.0. The highest BCUT2D eigenvalue weighted by molar-refractivity contribution is 6.33. The molecule has 174 valence electrons. The lowest BCUT2D eigenvalue weighted by atomic mass is 10.1. The molecule has 1 heterocycles. The maximum atomic E-state index is 13.0. The van der Waals surface area contributed by atoms with Crippen molar-refractivity contribution in [3.63, 3.8) is 0 Å². The van der Waals surface area contributed by atoms with E-state index in [0.717, 1.165) is 21.9 Å². The van der Waals surface area contributed by atoms with Crippen molar-refractivity contribution >= 4 is 45.8 Å². The fourth-order valence-corrected chi connectivity index (χ4v) is 4.40. The van der Waals surface area contributed by atoms with E-state index in [1.165, 1.54) is 5.01 Å². The van der Waals surface area contributed by atoms with Crippen molar-refractivity contribution < 1.29 is 14.3 Å². The summed E-state index contributed by atoms with van der Waals surface area (Å²) in [5.74, 6) is 0.753. The molecule has 0 saturated heterocycles. The van der Waals surface area contributed by atoms with E-state index in [9.17, 15) is 4.79 Å². The second-order valence-corrected chi connectivity index (χ2v) is 8.56. The van der Waals surface area contributed by atoms with Crippen molar-refractivity contribution in [1.82, 2.24) is 0 Å². The van der Waals surface area contributed by atoms with E-state index in [1.807, 2.05) is 67.6 Å². The number of nitrogens with zero attached hydrogens (tertiary/aromatic N) is 2. The molecule has 0 aromatic heterocycles. The smallest absolute Gasteiger partial charge is 0.280 e. The second kappa shape index (κ2) is 9.65. The van der Waals surface area contributed by atoms with Crippen LogP contribution in [-0.4, -0.2) is 18.7 Å². The van der Waals surface area contributed by atoms with Crippen LogP contribution >= 0.6 is 11.6 Å². The van der Waals surface area contributed by atoms with Crippen LogP contribution in [0.15, 0.2) is 95.6 Å². The van der Waals surface area contributed by atoms with E-state index >= 15 is 0 Å². The zero-order valence-corrected chi connectivity index (χ0v) is 20.1. The summed E-state index contributed by atoms with van der Waals surface area (Å²) in [5.41, 5.74) is 3.61. The van der Waals surface area contributed by atoms with Gasteiger partial charge in [-0.05, 0) is 59.2 Å². The number of carbonyl (C=O) groups is 1. The molecule has 0 radical (unpaired) electrons. The molecule has 4 aromatic rings. The molecule has 1 aliphatic heterocycles. The van der Waals surface area contributed by atoms with E-state index in [4.69, 9.17) is 21.1 Å². The van der Waals surface area contributed by atoms with E-state index < -0.39 is 0 Å². The van der Waals surface area contributed by atoms with Gasteiger partial charge in [-0.25, -0.2) is 0 Å². The van der Waals surface area contributed by atoms with Crippen LogP contribution in [-0.2, 0) is 11.4 Å². The van der Waals surface area contributed by atoms with Gasteiger partial charge in [0, 0.05) is 0 Å². The van der Waals surface area contributed by atoms with Crippen molar-refractivity contribution in [1.29, 1.82) is 0 Å². The zero-order chi connectivity index (χ0) is 24.4. The van der Waals surface area contributed by atoms with Gasteiger partial charge in [-0.3, -0.25) is 4.79 Å². The fourth-order valence-electron chi connectivity index (χ4n) is 4.13. The number of rotatable bonds is 6. The van der Waals surface area contributed by atoms with Gasteiger partial charge in [-0.1, -0.05) is 72.3 Å². The summed E-state index contributed by atoms with van der Waals surface area (Å²) in [4.78, 5) is 13.0. The largest absolute Gasteiger partial charge is 0.493 e. The minimum atomic E-state index is -0.194. The molecule has 35 heavy (non-hydrogen) atoms. The number of para-hydroxylation sites is 1. The SMILES string of the molecule is COc1cc(C=C2C(=O)N(c3ccccc3)N=C2C)cc(Cl)c1OCc1cccc2ccccc12. The molecule has 5 nitrogen and oxygen atoms in total. The summed E-state index contributed by atoms with van der Waals surface area (Å²) < 4.78 is 11.7. The van der Waals surface area contributed by atoms with Crippen LogP contribution in [0, 0.1) is 0 Å². The number of halogens is 1. The summed E-state index contributed by atoms with van der Waals surface area (Å²) in [6.45, 7) is 2.15. The summed E-state index contributed by atoms with van der Waals surface area (Å²) in [6, 6.07) is 27.2. The lowest BCUT2D eigenvalue weighted by Crippen LogP contribution is -2.21.